The van der Waals surface area contributed by atoms with Crippen molar-refractivity contribution in [2.45, 2.75) is 38.6 Å². The van der Waals surface area contributed by atoms with Crippen molar-refractivity contribution in [3.63, 3.8) is 0 Å². The van der Waals surface area contributed by atoms with Gasteiger partial charge in [-0.2, -0.15) is 5.26 Å². The van der Waals surface area contributed by atoms with Crippen LogP contribution in [0.25, 0.3) is 0 Å². The highest BCUT2D eigenvalue weighted by Crippen LogP contribution is 2.31. The van der Waals surface area contributed by atoms with Gasteiger partial charge in [-0.1, -0.05) is 32.0 Å². The van der Waals surface area contributed by atoms with Gasteiger partial charge < -0.3 is 4.74 Å². The molecule has 0 aliphatic rings. The summed E-state index contributed by atoms with van der Waals surface area (Å²) in [6.45, 7) is 8.77. The molecule has 0 unspecified atom stereocenters. The molecule has 0 amide bonds. The first-order valence-corrected chi connectivity index (χ1v) is 6.12. The van der Waals surface area contributed by atoms with E-state index in [1.165, 1.54) is 0 Å². The molecule has 0 aromatic heterocycles. The van der Waals surface area contributed by atoms with Crippen molar-refractivity contribution in [2.24, 2.45) is 0 Å². The first kappa shape index (κ1) is 14.5. The standard InChI is InChI=1S/C15H22N2O/c1-14(2,11-17-15(3,4)10-16)12-8-6-7-9-13(12)18-5/h6-9,17H,11H2,1-5H3. The second-order valence-electron chi connectivity index (χ2n) is 5.67. The lowest BCUT2D eigenvalue weighted by Gasteiger charge is -2.30. The van der Waals surface area contributed by atoms with Crippen LogP contribution < -0.4 is 10.1 Å². The van der Waals surface area contributed by atoms with Crippen LogP contribution in [-0.4, -0.2) is 19.2 Å². The van der Waals surface area contributed by atoms with Crippen molar-refractivity contribution in [1.82, 2.24) is 5.32 Å². The average Bonchev–Trinajstić information content (AvgIpc) is 2.37. The number of para-hydroxylation sites is 1. The quantitative estimate of drug-likeness (QED) is 0.869. The third-order valence-corrected chi connectivity index (χ3v) is 3.09. The normalized spacial score (nSPS) is 12.0. The fraction of sp³-hybridized carbons (Fsp3) is 0.533. The highest BCUT2D eigenvalue weighted by atomic mass is 16.5. The summed E-state index contributed by atoms with van der Waals surface area (Å²) in [5.41, 5.74) is 0.536. The van der Waals surface area contributed by atoms with E-state index in [0.29, 0.717) is 6.54 Å². The van der Waals surface area contributed by atoms with Crippen LogP contribution >= 0.6 is 0 Å². The van der Waals surface area contributed by atoms with Gasteiger partial charge in [0.1, 0.15) is 11.3 Å². The maximum atomic E-state index is 9.03. The Balaban J connectivity index is 2.90. The number of rotatable bonds is 5. The van der Waals surface area contributed by atoms with Crippen molar-refractivity contribution in [3.05, 3.63) is 29.8 Å². The minimum atomic E-state index is -0.515. The molecule has 3 heteroatoms. The molecule has 1 rings (SSSR count). The molecule has 0 saturated carbocycles. The van der Waals surface area contributed by atoms with Crippen molar-refractivity contribution in [1.29, 1.82) is 5.26 Å². The summed E-state index contributed by atoms with van der Waals surface area (Å²) < 4.78 is 5.40. The highest BCUT2D eigenvalue weighted by Gasteiger charge is 2.27. The zero-order valence-electron chi connectivity index (χ0n) is 11.9. The Bertz CT molecular complexity index is 444. The van der Waals surface area contributed by atoms with E-state index in [0.717, 1.165) is 11.3 Å². The van der Waals surface area contributed by atoms with Gasteiger partial charge in [-0.05, 0) is 19.9 Å². The largest absolute Gasteiger partial charge is 0.496 e. The predicted octanol–water partition coefficient (Wildman–Crippen LogP) is 2.86. The van der Waals surface area contributed by atoms with Gasteiger partial charge in [0.15, 0.2) is 0 Å². The van der Waals surface area contributed by atoms with Crippen LogP contribution in [0.4, 0.5) is 0 Å². The second-order valence-corrected chi connectivity index (χ2v) is 5.67. The summed E-state index contributed by atoms with van der Waals surface area (Å²) in [5.74, 6) is 0.888. The van der Waals surface area contributed by atoms with E-state index in [1.807, 2.05) is 32.0 Å². The van der Waals surface area contributed by atoms with Crippen LogP contribution in [0, 0.1) is 11.3 Å². The van der Waals surface area contributed by atoms with Crippen LogP contribution in [0.3, 0.4) is 0 Å². The Kier molecular flexibility index (Phi) is 4.37. The molecule has 0 spiro atoms. The summed E-state index contributed by atoms with van der Waals surface area (Å²) in [4.78, 5) is 0. The van der Waals surface area contributed by atoms with Gasteiger partial charge in [0, 0.05) is 17.5 Å². The van der Waals surface area contributed by atoms with E-state index in [-0.39, 0.29) is 5.41 Å². The van der Waals surface area contributed by atoms with Gasteiger partial charge >= 0.3 is 0 Å². The maximum absolute atomic E-state index is 9.03. The number of ether oxygens (including phenoxy) is 1. The Labute approximate surface area is 110 Å². The van der Waals surface area contributed by atoms with Gasteiger partial charge in [0.05, 0.1) is 13.2 Å². The predicted molar refractivity (Wildman–Crippen MR) is 73.7 cm³/mol. The smallest absolute Gasteiger partial charge is 0.122 e. The zero-order chi connectivity index (χ0) is 13.8. The molecule has 1 aromatic rings. The van der Waals surface area contributed by atoms with Crippen molar-refractivity contribution in [3.8, 4) is 11.8 Å². The van der Waals surface area contributed by atoms with Gasteiger partial charge in [-0.25, -0.2) is 0 Å². The Morgan fingerprint density at radius 2 is 1.83 bits per heavy atom. The summed E-state index contributed by atoms with van der Waals surface area (Å²) in [5, 5.41) is 12.3. The molecular formula is C15H22N2O. The molecule has 0 radical (unpaired) electrons. The summed E-state index contributed by atoms with van der Waals surface area (Å²) in [6, 6.07) is 10.3. The minimum Gasteiger partial charge on any atom is -0.496 e. The van der Waals surface area contributed by atoms with Crippen molar-refractivity contribution in [2.75, 3.05) is 13.7 Å². The number of nitrogens with zero attached hydrogens (tertiary/aromatic N) is 1. The molecule has 1 N–H and O–H groups in total. The molecule has 0 heterocycles. The fourth-order valence-electron chi connectivity index (χ4n) is 1.78. The lowest BCUT2D eigenvalue weighted by Crippen LogP contribution is -2.44. The van der Waals surface area contributed by atoms with E-state index >= 15 is 0 Å². The van der Waals surface area contributed by atoms with E-state index in [2.05, 4.69) is 31.3 Å². The molecule has 3 nitrogen and oxygen atoms in total. The van der Waals surface area contributed by atoms with Gasteiger partial charge in [0.2, 0.25) is 0 Å². The van der Waals surface area contributed by atoms with Crippen LogP contribution in [-0.2, 0) is 5.41 Å². The van der Waals surface area contributed by atoms with Crippen LogP contribution in [0.1, 0.15) is 33.3 Å². The molecule has 0 aliphatic carbocycles. The lowest BCUT2D eigenvalue weighted by atomic mass is 9.83. The first-order valence-electron chi connectivity index (χ1n) is 6.12. The zero-order valence-corrected chi connectivity index (χ0v) is 11.9. The summed E-state index contributed by atoms with van der Waals surface area (Å²) in [7, 11) is 1.68. The van der Waals surface area contributed by atoms with Crippen LogP contribution in [0.15, 0.2) is 24.3 Å². The SMILES string of the molecule is COc1ccccc1C(C)(C)CNC(C)(C)C#N. The van der Waals surface area contributed by atoms with Crippen molar-refractivity contribution >= 4 is 0 Å². The lowest BCUT2D eigenvalue weighted by molar-refractivity contribution is 0.366. The Morgan fingerprint density at radius 1 is 1.22 bits per heavy atom. The summed E-state index contributed by atoms with van der Waals surface area (Å²) >= 11 is 0. The van der Waals surface area contributed by atoms with Gasteiger partial charge in [0.25, 0.3) is 0 Å². The first-order chi connectivity index (χ1) is 8.32. The topological polar surface area (TPSA) is 45.0 Å². The van der Waals surface area contributed by atoms with Gasteiger partial charge in [-0.15, -0.1) is 0 Å². The number of benzene rings is 1. The van der Waals surface area contributed by atoms with Crippen LogP contribution in [0.2, 0.25) is 0 Å². The third-order valence-electron chi connectivity index (χ3n) is 3.09. The Hall–Kier alpha value is -1.53. The summed E-state index contributed by atoms with van der Waals surface area (Å²) in [6.07, 6.45) is 0. The van der Waals surface area contributed by atoms with E-state index in [1.54, 1.807) is 7.11 Å². The number of hydrogen-bond acceptors (Lipinski definition) is 3. The number of nitriles is 1. The molecule has 18 heavy (non-hydrogen) atoms. The van der Waals surface area contributed by atoms with Gasteiger partial charge in [-0.3, -0.25) is 5.32 Å². The van der Waals surface area contributed by atoms with E-state index in [9.17, 15) is 0 Å². The maximum Gasteiger partial charge on any atom is 0.122 e. The molecule has 98 valence electrons. The molecule has 0 aliphatic heterocycles. The van der Waals surface area contributed by atoms with Crippen LogP contribution in [0.5, 0.6) is 5.75 Å². The fourth-order valence-corrected chi connectivity index (χ4v) is 1.78. The van der Waals surface area contributed by atoms with E-state index < -0.39 is 5.54 Å². The molecule has 1 aromatic carbocycles. The highest BCUT2D eigenvalue weighted by molar-refractivity contribution is 5.39. The molecule has 0 fully saturated rings. The number of hydrogen-bond donors (Lipinski definition) is 1. The number of methoxy groups -OCH3 is 1. The molecule has 0 bridgehead atoms. The molecule has 0 saturated heterocycles. The minimum absolute atomic E-state index is 0.0965. The molecular weight excluding hydrogens is 224 g/mol. The Morgan fingerprint density at radius 3 is 2.39 bits per heavy atom. The number of nitrogens with one attached hydrogen (secondary N) is 1. The molecule has 0 atom stereocenters. The third kappa shape index (κ3) is 3.48. The second kappa shape index (κ2) is 5.41. The van der Waals surface area contributed by atoms with Crippen molar-refractivity contribution < 1.29 is 4.74 Å². The van der Waals surface area contributed by atoms with E-state index in [4.69, 9.17) is 10.00 Å². The monoisotopic (exact) mass is 246 g/mol. The average molecular weight is 246 g/mol.